The summed E-state index contributed by atoms with van der Waals surface area (Å²) in [5.41, 5.74) is 0.718. The summed E-state index contributed by atoms with van der Waals surface area (Å²) in [4.78, 5) is 0. The molecule has 2 aliphatic carbocycles. The molecule has 118 valence electrons. The van der Waals surface area contributed by atoms with Crippen molar-refractivity contribution in [3.8, 4) is 0 Å². The molecule has 0 aromatic carbocycles. The standard InChI is InChI=1S/C14H24N4O2S/c19-21(20,17-8-7-11-3-1-2-4-11)14-12(10-16-18-14)9-15-13-5-6-13/h10-11,13,15,17H,1-9H2,(H,16,18). The van der Waals surface area contributed by atoms with Crippen LogP contribution in [0, 0.1) is 5.92 Å². The molecule has 0 aliphatic heterocycles. The Bertz CT molecular complexity index is 559. The van der Waals surface area contributed by atoms with Gasteiger partial charge in [0.15, 0.2) is 5.03 Å². The Labute approximate surface area is 126 Å². The SMILES string of the molecule is O=S(=O)(NCCC1CCCC1)c1[nH]ncc1CNC1CC1. The molecule has 2 fully saturated rings. The number of nitrogens with zero attached hydrogens (tertiary/aromatic N) is 1. The van der Waals surface area contributed by atoms with Crippen LogP contribution < -0.4 is 10.0 Å². The van der Waals surface area contributed by atoms with E-state index in [2.05, 4.69) is 20.2 Å². The number of sulfonamides is 1. The summed E-state index contributed by atoms with van der Waals surface area (Å²) >= 11 is 0. The summed E-state index contributed by atoms with van der Waals surface area (Å²) in [6.45, 7) is 1.07. The second-order valence-corrected chi connectivity index (χ2v) is 7.92. The monoisotopic (exact) mass is 312 g/mol. The third-order valence-corrected chi connectivity index (χ3v) is 5.90. The second kappa shape index (κ2) is 6.46. The van der Waals surface area contributed by atoms with Crippen molar-refractivity contribution in [2.45, 2.75) is 62.6 Å². The predicted octanol–water partition coefficient (Wildman–Crippen LogP) is 1.52. The first-order valence-electron chi connectivity index (χ1n) is 7.90. The highest BCUT2D eigenvalue weighted by atomic mass is 32.2. The van der Waals surface area contributed by atoms with E-state index in [1.807, 2.05) is 0 Å². The first-order chi connectivity index (χ1) is 10.1. The van der Waals surface area contributed by atoms with Crippen molar-refractivity contribution in [2.75, 3.05) is 6.54 Å². The summed E-state index contributed by atoms with van der Waals surface area (Å²) in [6.07, 6.45) is 9.94. The minimum atomic E-state index is -3.47. The third-order valence-electron chi connectivity index (χ3n) is 4.42. The van der Waals surface area contributed by atoms with Gasteiger partial charge in [-0.25, -0.2) is 13.1 Å². The average Bonchev–Trinajstić information content (AvgIpc) is 2.93. The lowest BCUT2D eigenvalue weighted by Gasteiger charge is -2.10. The van der Waals surface area contributed by atoms with Gasteiger partial charge >= 0.3 is 0 Å². The average molecular weight is 312 g/mol. The molecule has 2 aliphatic rings. The Morgan fingerprint density at radius 3 is 2.71 bits per heavy atom. The van der Waals surface area contributed by atoms with E-state index >= 15 is 0 Å². The van der Waals surface area contributed by atoms with Gasteiger partial charge in [-0.1, -0.05) is 25.7 Å². The predicted molar refractivity (Wildman–Crippen MR) is 80.2 cm³/mol. The van der Waals surface area contributed by atoms with Crippen molar-refractivity contribution in [3.63, 3.8) is 0 Å². The highest BCUT2D eigenvalue weighted by molar-refractivity contribution is 7.89. The molecule has 0 spiro atoms. The number of hydrogen-bond donors (Lipinski definition) is 3. The summed E-state index contributed by atoms with van der Waals surface area (Å²) in [5.74, 6) is 0.686. The summed E-state index contributed by atoms with van der Waals surface area (Å²) in [7, 11) is -3.47. The largest absolute Gasteiger partial charge is 0.310 e. The molecule has 1 aromatic heterocycles. The van der Waals surface area contributed by atoms with Crippen LogP contribution in [0.2, 0.25) is 0 Å². The molecule has 0 radical (unpaired) electrons. The van der Waals surface area contributed by atoms with Gasteiger partial charge in [-0.15, -0.1) is 0 Å². The lowest BCUT2D eigenvalue weighted by Crippen LogP contribution is -2.28. The molecule has 7 heteroatoms. The van der Waals surface area contributed by atoms with E-state index in [1.54, 1.807) is 6.20 Å². The third kappa shape index (κ3) is 4.05. The fourth-order valence-corrected chi connectivity index (χ4v) is 4.14. The minimum Gasteiger partial charge on any atom is -0.310 e. The summed E-state index contributed by atoms with van der Waals surface area (Å²) < 4.78 is 27.4. The van der Waals surface area contributed by atoms with Crippen molar-refractivity contribution < 1.29 is 8.42 Å². The van der Waals surface area contributed by atoms with Crippen molar-refractivity contribution in [1.29, 1.82) is 0 Å². The molecule has 1 aromatic rings. The van der Waals surface area contributed by atoms with Gasteiger partial charge in [-0.2, -0.15) is 5.10 Å². The van der Waals surface area contributed by atoms with Crippen molar-refractivity contribution in [2.24, 2.45) is 5.92 Å². The van der Waals surface area contributed by atoms with Crippen molar-refractivity contribution in [3.05, 3.63) is 11.8 Å². The smallest absolute Gasteiger partial charge is 0.257 e. The number of aromatic nitrogens is 2. The Kier molecular flexibility index (Phi) is 4.61. The molecule has 3 rings (SSSR count). The maximum absolute atomic E-state index is 12.3. The zero-order valence-electron chi connectivity index (χ0n) is 12.3. The van der Waals surface area contributed by atoms with Crippen LogP contribution in [-0.2, 0) is 16.6 Å². The van der Waals surface area contributed by atoms with Crippen LogP contribution in [-0.4, -0.2) is 31.2 Å². The van der Waals surface area contributed by atoms with Crippen LogP contribution in [0.3, 0.4) is 0 Å². The van der Waals surface area contributed by atoms with Crippen LogP contribution in [0.15, 0.2) is 11.2 Å². The van der Waals surface area contributed by atoms with E-state index in [0.29, 0.717) is 25.0 Å². The summed E-state index contributed by atoms with van der Waals surface area (Å²) in [5, 5.41) is 10.0. The fourth-order valence-electron chi connectivity index (χ4n) is 2.97. The van der Waals surface area contributed by atoms with E-state index < -0.39 is 10.0 Å². The highest BCUT2D eigenvalue weighted by Gasteiger charge is 2.24. The van der Waals surface area contributed by atoms with Crippen LogP contribution in [0.4, 0.5) is 0 Å². The summed E-state index contributed by atoms with van der Waals surface area (Å²) in [6, 6.07) is 0.547. The molecule has 0 saturated heterocycles. The molecule has 0 amide bonds. The lowest BCUT2D eigenvalue weighted by molar-refractivity contribution is 0.495. The maximum Gasteiger partial charge on any atom is 0.257 e. The molecular formula is C14H24N4O2S. The van der Waals surface area contributed by atoms with Gasteiger partial charge in [0.2, 0.25) is 0 Å². The van der Waals surface area contributed by atoms with Gasteiger partial charge < -0.3 is 5.32 Å². The quantitative estimate of drug-likeness (QED) is 0.679. The highest BCUT2D eigenvalue weighted by Crippen LogP contribution is 2.27. The van der Waals surface area contributed by atoms with E-state index in [9.17, 15) is 8.42 Å². The lowest BCUT2D eigenvalue weighted by atomic mass is 10.1. The number of nitrogens with one attached hydrogen (secondary N) is 3. The van der Waals surface area contributed by atoms with Crippen LogP contribution in [0.1, 0.15) is 50.5 Å². The Morgan fingerprint density at radius 2 is 2.00 bits per heavy atom. The molecule has 0 atom stereocenters. The number of H-pyrrole nitrogens is 1. The Balaban J connectivity index is 1.54. The van der Waals surface area contributed by atoms with Gasteiger partial charge in [-0.05, 0) is 25.2 Å². The van der Waals surface area contributed by atoms with Crippen molar-refractivity contribution >= 4 is 10.0 Å². The van der Waals surface area contributed by atoms with E-state index in [1.165, 1.54) is 38.5 Å². The van der Waals surface area contributed by atoms with E-state index in [4.69, 9.17) is 0 Å². The fraction of sp³-hybridized carbons (Fsp3) is 0.786. The molecule has 21 heavy (non-hydrogen) atoms. The second-order valence-electron chi connectivity index (χ2n) is 6.22. The number of hydrogen-bond acceptors (Lipinski definition) is 4. The van der Waals surface area contributed by atoms with Gasteiger partial charge in [0.1, 0.15) is 0 Å². The molecule has 6 nitrogen and oxygen atoms in total. The molecule has 3 N–H and O–H groups in total. The number of rotatable bonds is 8. The van der Waals surface area contributed by atoms with E-state index in [0.717, 1.165) is 12.0 Å². The Morgan fingerprint density at radius 1 is 1.24 bits per heavy atom. The van der Waals surface area contributed by atoms with E-state index in [-0.39, 0.29) is 5.03 Å². The molecule has 0 unspecified atom stereocenters. The van der Waals surface area contributed by atoms with Gasteiger partial charge in [0.25, 0.3) is 10.0 Å². The maximum atomic E-state index is 12.3. The normalized spacial score (nSPS) is 20.2. The minimum absolute atomic E-state index is 0.210. The Hall–Kier alpha value is -0.920. The van der Waals surface area contributed by atoms with Gasteiger partial charge in [-0.3, -0.25) is 5.10 Å². The van der Waals surface area contributed by atoms with Gasteiger partial charge in [0.05, 0.1) is 6.20 Å². The first-order valence-corrected chi connectivity index (χ1v) is 9.39. The molecule has 0 bridgehead atoms. The zero-order chi connectivity index (χ0) is 14.7. The zero-order valence-corrected chi connectivity index (χ0v) is 13.1. The van der Waals surface area contributed by atoms with Gasteiger partial charge in [0, 0.05) is 24.7 Å². The first kappa shape index (κ1) is 15.0. The molecule has 2 saturated carbocycles. The molecular weight excluding hydrogens is 288 g/mol. The van der Waals surface area contributed by atoms with Crippen LogP contribution in [0.5, 0.6) is 0 Å². The van der Waals surface area contributed by atoms with Crippen LogP contribution >= 0.6 is 0 Å². The molecule has 1 heterocycles. The topological polar surface area (TPSA) is 86.9 Å². The van der Waals surface area contributed by atoms with Crippen LogP contribution in [0.25, 0.3) is 0 Å². The number of aromatic amines is 1. The van der Waals surface area contributed by atoms with Crippen molar-refractivity contribution in [1.82, 2.24) is 20.2 Å².